The predicted octanol–water partition coefficient (Wildman–Crippen LogP) is 3.07. The molecular formula is C17H22FNO2. The van der Waals surface area contributed by atoms with Crippen LogP contribution in [0.15, 0.2) is 12.1 Å². The van der Waals surface area contributed by atoms with Crippen molar-refractivity contribution in [3.05, 3.63) is 29.1 Å². The summed E-state index contributed by atoms with van der Waals surface area (Å²) in [6.07, 6.45) is 5.21. The van der Waals surface area contributed by atoms with E-state index in [0.717, 1.165) is 38.0 Å². The molecule has 0 aromatic heterocycles. The SMILES string of the molecule is COc1ccc(F)c2c1CCC(CN1CCCCC1)C2=O. The average molecular weight is 291 g/mol. The fourth-order valence-electron chi connectivity index (χ4n) is 3.59. The maximum absolute atomic E-state index is 14.1. The van der Waals surface area contributed by atoms with Crippen molar-refractivity contribution in [2.24, 2.45) is 5.92 Å². The Morgan fingerprint density at radius 2 is 2.05 bits per heavy atom. The Balaban J connectivity index is 1.81. The van der Waals surface area contributed by atoms with Gasteiger partial charge in [0.05, 0.1) is 12.7 Å². The smallest absolute Gasteiger partial charge is 0.170 e. The van der Waals surface area contributed by atoms with E-state index >= 15 is 0 Å². The van der Waals surface area contributed by atoms with Crippen molar-refractivity contribution in [3.8, 4) is 5.75 Å². The van der Waals surface area contributed by atoms with E-state index in [1.54, 1.807) is 13.2 Å². The van der Waals surface area contributed by atoms with Gasteiger partial charge in [-0.05, 0) is 50.9 Å². The molecule has 1 aliphatic carbocycles. The molecule has 3 rings (SSSR count). The Bertz CT molecular complexity index is 538. The molecule has 1 heterocycles. The molecule has 1 saturated heterocycles. The van der Waals surface area contributed by atoms with Crippen LogP contribution < -0.4 is 4.74 Å². The molecule has 1 aliphatic heterocycles. The average Bonchev–Trinajstić information content (AvgIpc) is 2.51. The van der Waals surface area contributed by atoms with E-state index in [4.69, 9.17) is 4.74 Å². The van der Waals surface area contributed by atoms with Crippen LogP contribution in [0, 0.1) is 11.7 Å². The number of rotatable bonds is 3. The number of Topliss-reactive ketones (excluding diaryl/α,β-unsaturated/α-hetero) is 1. The predicted molar refractivity (Wildman–Crippen MR) is 79.4 cm³/mol. The summed E-state index contributed by atoms with van der Waals surface area (Å²) in [5.41, 5.74) is 1.01. The second-order valence-electron chi connectivity index (χ2n) is 6.06. The highest BCUT2D eigenvalue weighted by molar-refractivity contribution is 6.01. The summed E-state index contributed by atoms with van der Waals surface area (Å²) >= 11 is 0. The summed E-state index contributed by atoms with van der Waals surface area (Å²) in [5.74, 6) is 0.116. The van der Waals surface area contributed by atoms with Gasteiger partial charge in [0.2, 0.25) is 0 Å². The molecule has 3 nitrogen and oxygen atoms in total. The van der Waals surface area contributed by atoms with E-state index in [-0.39, 0.29) is 17.3 Å². The summed E-state index contributed by atoms with van der Waals surface area (Å²) in [5, 5.41) is 0. The monoisotopic (exact) mass is 291 g/mol. The Morgan fingerprint density at radius 1 is 1.29 bits per heavy atom. The van der Waals surface area contributed by atoms with Gasteiger partial charge in [-0.3, -0.25) is 4.79 Å². The quantitative estimate of drug-likeness (QED) is 0.857. The largest absolute Gasteiger partial charge is 0.496 e. The van der Waals surface area contributed by atoms with Crippen LogP contribution >= 0.6 is 0 Å². The van der Waals surface area contributed by atoms with Crippen LogP contribution in [-0.4, -0.2) is 37.4 Å². The lowest BCUT2D eigenvalue weighted by Crippen LogP contribution is -2.38. The standard InChI is InChI=1S/C17H22FNO2/c1-21-15-8-7-14(18)16-13(15)6-5-12(17(16)20)11-19-9-3-2-4-10-19/h7-8,12H,2-6,9-11H2,1H3. The third-order valence-corrected chi connectivity index (χ3v) is 4.73. The number of hydrogen-bond acceptors (Lipinski definition) is 3. The molecule has 0 amide bonds. The molecular weight excluding hydrogens is 269 g/mol. The van der Waals surface area contributed by atoms with Crippen molar-refractivity contribution < 1.29 is 13.9 Å². The number of benzene rings is 1. The molecule has 1 aromatic rings. The van der Waals surface area contributed by atoms with Crippen LogP contribution in [0.1, 0.15) is 41.6 Å². The molecule has 1 aromatic carbocycles. The van der Waals surface area contributed by atoms with Gasteiger partial charge in [0, 0.05) is 18.0 Å². The number of hydrogen-bond donors (Lipinski definition) is 0. The number of fused-ring (bicyclic) bond motifs is 1. The molecule has 1 unspecified atom stereocenters. The van der Waals surface area contributed by atoms with Crippen molar-refractivity contribution in [1.82, 2.24) is 4.90 Å². The lowest BCUT2D eigenvalue weighted by Gasteiger charge is -2.32. The summed E-state index contributed by atoms with van der Waals surface area (Å²) in [4.78, 5) is 15.0. The minimum absolute atomic E-state index is 0.0433. The fraction of sp³-hybridized carbons (Fsp3) is 0.588. The molecule has 0 N–H and O–H groups in total. The number of halogens is 1. The van der Waals surface area contributed by atoms with Gasteiger partial charge < -0.3 is 9.64 Å². The Kier molecular flexibility index (Phi) is 4.24. The highest BCUT2D eigenvalue weighted by atomic mass is 19.1. The van der Waals surface area contributed by atoms with Gasteiger partial charge in [-0.25, -0.2) is 4.39 Å². The molecule has 1 atom stereocenters. The summed E-state index contributed by atoms with van der Waals surface area (Å²) in [7, 11) is 1.57. The van der Waals surface area contributed by atoms with Gasteiger partial charge in [-0.1, -0.05) is 6.42 Å². The van der Waals surface area contributed by atoms with E-state index in [2.05, 4.69) is 4.90 Å². The number of methoxy groups -OCH3 is 1. The van der Waals surface area contributed by atoms with E-state index in [0.29, 0.717) is 5.75 Å². The maximum Gasteiger partial charge on any atom is 0.170 e. The molecule has 4 heteroatoms. The molecule has 2 aliphatic rings. The van der Waals surface area contributed by atoms with Crippen LogP contribution in [0.5, 0.6) is 5.75 Å². The second-order valence-corrected chi connectivity index (χ2v) is 6.06. The van der Waals surface area contributed by atoms with Crippen molar-refractivity contribution in [3.63, 3.8) is 0 Å². The summed E-state index contributed by atoms with van der Waals surface area (Å²) in [6.45, 7) is 2.91. The van der Waals surface area contributed by atoms with Gasteiger partial charge >= 0.3 is 0 Å². The number of carbonyl (C=O) groups excluding carboxylic acids is 1. The Labute approximate surface area is 125 Å². The zero-order chi connectivity index (χ0) is 14.8. The highest BCUT2D eigenvalue weighted by Crippen LogP contribution is 2.34. The minimum atomic E-state index is -0.404. The molecule has 0 saturated carbocycles. The van der Waals surface area contributed by atoms with Crippen LogP contribution in [0.2, 0.25) is 0 Å². The second kappa shape index (κ2) is 6.14. The van der Waals surface area contributed by atoms with Gasteiger partial charge in [0.15, 0.2) is 5.78 Å². The molecule has 114 valence electrons. The van der Waals surface area contributed by atoms with Gasteiger partial charge in [0.25, 0.3) is 0 Å². The number of carbonyl (C=O) groups is 1. The molecule has 1 fully saturated rings. The van der Waals surface area contributed by atoms with Crippen LogP contribution in [0.4, 0.5) is 4.39 Å². The highest BCUT2D eigenvalue weighted by Gasteiger charge is 2.33. The Hall–Kier alpha value is -1.42. The molecule has 0 radical (unpaired) electrons. The summed E-state index contributed by atoms with van der Waals surface area (Å²) < 4.78 is 19.4. The lowest BCUT2D eigenvalue weighted by molar-refractivity contribution is 0.0839. The maximum atomic E-state index is 14.1. The van der Waals surface area contributed by atoms with Crippen molar-refractivity contribution >= 4 is 5.78 Å². The van der Waals surface area contributed by atoms with Gasteiger partial charge in [-0.15, -0.1) is 0 Å². The number of piperidine rings is 1. The third kappa shape index (κ3) is 2.82. The first-order valence-corrected chi connectivity index (χ1v) is 7.82. The first-order chi connectivity index (χ1) is 10.2. The number of ketones is 1. The van der Waals surface area contributed by atoms with E-state index in [9.17, 15) is 9.18 Å². The lowest BCUT2D eigenvalue weighted by atomic mass is 9.81. The van der Waals surface area contributed by atoms with Crippen LogP contribution in [-0.2, 0) is 6.42 Å². The van der Waals surface area contributed by atoms with E-state index in [1.165, 1.54) is 25.3 Å². The zero-order valence-corrected chi connectivity index (χ0v) is 12.5. The fourth-order valence-corrected chi connectivity index (χ4v) is 3.59. The van der Waals surface area contributed by atoms with Crippen LogP contribution in [0.25, 0.3) is 0 Å². The number of likely N-dealkylation sites (tertiary alicyclic amines) is 1. The normalized spacial score (nSPS) is 23.0. The third-order valence-electron chi connectivity index (χ3n) is 4.73. The number of nitrogens with zero attached hydrogens (tertiary/aromatic N) is 1. The Morgan fingerprint density at radius 3 is 2.76 bits per heavy atom. The van der Waals surface area contributed by atoms with E-state index < -0.39 is 5.82 Å². The number of ether oxygens (including phenoxy) is 1. The van der Waals surface area contributed by atoms with Crippen molar-refractivity contribution in [2.45, 2.75) is 32.1 Å². The molecule has 0 bridgehead atoms. The minimum Gasteiger partial charge on any atom is -0.496 e. The van der Waals surface area contributed by atoms with Gasteiger partial charge in [-0.2, -0.15) is 0 Å². The first kappa shape index (κ1) is 14.5. The van der Waals surface area contributed by atoms with Crippen LogP contribution in [0.3, 0.4) is 0 Å². The van der Waals surface area contributed by atoms with Crippen molar-refractivity contribution in [1.29, 1.82) is 0 Å². The first-order valence-electron chi connectivity index (χ1n) is 7.82. The molecule has 0 spiro atoms. The van der Waals surface area contributed by atoms with E-state index in [1.807, 2.05) is 0 Å². The summed E-state index contributed by atoms with van der Waals surface area (Å²) in [6, 6.07) is 2.96. The van der Waals surface area contributed by atoms with Crippen molar-refractivity contribution in [2.75, 3.05) is 26.7 Å². The topological polar surface area (TPSA) is 29.5 Å². The van der Waals surface area contributed by atoms with Gasteiger partial charge in [0.1, 0.15) is 11.6 Å². The molecule has 21 heavy (non-hydrogen) atoms. The zero-order valence-electron chi connectivity index (χ0n) is 12.5.